The summed E-state index contributed by atoms with van der Waals surface area (Å²) in [6, 6.07) is -0.382. The van der Waals surface area contributed by atoms with Gasteiger partial charge in [-0.25, -0.2) is 0 Å². The van der Waals surface area contributed by atoms with Crippen molar-refractivity contribution in [3.05, 3.63) is 0 Å². The Bertz CT molecular complexity index is 120. The number of rotatable bonds is 1. The van der Waals surface area contributed by atoms with Crippen LogP contribution >= 0.6 is 0 Å². The number of hydrogen-bond acceptors (Lipinski definition) is 4. The van der Waals surface area contributed by atoms with Gasteiger partial charge in [-0.1, -0.05) is 0 Å². The number of nitrogens with two attached hydrogens (primary N) is 1. The number of aliphatic hydroxyl groups excluding tert-OH is 3. The third-order valence-corrected chi connectivity index (χ3v) is 2.08. The molecule has 1 aliphatic carbocycles. The third kappa shape index (κ3) is 1.15. The molecular weight excluding hydrogens is 134 g/mol. The minimum atomic E-state index is -0.864. The first-order valence-corrected chi connectivity index (χ1v) is 3.39. The van der Waals surface area contributed by atoms with Crippen LogP contribution < -0.4 is 5.73 Å². The molecule has 1 fully saturated rings. The zero-order chi connectivity index (χ0) is 7.72. The maximum Gasteiger partial charge on any atom is 0.0953 e. The fourth-order valence-corrected chi connectivity index (χ4v) is 1.34. The Balaban J connectivity index is 2.53. The molecule has 60 valence electrons. The molecule has 0 bridgehead atoms. The van der Waals surface area contributed by atoms with Gasteiger partial charge in [0.1, 0.15) is 0 Å². The first-order chi connectivity index (χ1) is 4.66. The van der Waals surface area contributed by atoms with Gasteiger partial charge in [0.25, 0.3) is 0 Å². The van der Waals surface area contributed by atoms with Crippen molar-refractivity contribution < 1.29 is 15.3 Å². The Hall–Kier alpha value is -0.160. The summed E-state index contributed by atoms with van der Waals surface area (Å²) in [6.07, 6.45) is -1.21. The van der Waals surface area contributed by atoms with Gasteiger partial charge in [-0.3, -0.25) is 0 Å². The van der Waals surface area contributed by atoms with Crippen molar-refractivity contribution in [3.63, 3.8) is 0 Å². The molecule has 5 N–H and O–H groups in total. The quantitative estimate of drug-likeness (QED) is 0.347. The van der Waals surface area contributed by atoms with Crippen LogP contribution in [0.5, 0.6) is 0 Å². The molecule has 0 aliphatic heterocycles. The SMILES string of the molecule is NC1C[C@H](CO)[C@@H](O)[C@H]1O. The van der Waals surface area contributed by atoms with Crippen molar-refractivity contribution in [2.45, 2.75) is 24.7 Å². The maximum atomic E-state index is 9.14. The normalized spacial score (nSPS) is 48.0. The van der Waals surface area contributed by atoms with Crippen LogP contribution in [-0.4, -0.2) is 40.2 Å². The minimum absolute atomic E-state index is 0.105. The van der Waals surface area contributed by atoms with E-state index in [2.05, 4.69) is 0 Å². The average Bonchev–Trinajstić information content (AvgIpc) is 2.17. The van der Waals surface area contributed by atoms with E-state index in [4.69, 9.17) is 21.1 Å². The molecule has 0 aromatic rings. The van der Waals surface area contributed by atoms with Gasteiger partial charge in [-0.2, -0.15) is 0 Å². The van der Waals surface area contributed by atoms with Crippen LogP contribution in [0, 0.1) is 5.92 Å². The zero-order valence-corrected chi connectivity index (χ0v) is 5.64. The highest BCUT2D eigenvalue weighted by atomic mass is 16.3. The molecule has 4 heteroatoms. The maximum absolute atomic E-state index is 9.14. The van der Waals surface area contributed by atoms with Gasteiger partial charge in [-0.15, -0.1) is 0 Å². The van der Waals surface area contributed by atoms with E-state index >= 15 is 0 Å². The molecule has 0 heterocycles. The molecular formula is C6H13NO3. The number of aliphatic hydroxyl groups is 3. The van der Waals surface area contributed by atoms with Crippen LogP contribution in [0.2, 0.25) is 0 Å². The van der Waals surface area contributed by atoms with Gasteiger partial charge in [0.2, 0.25) is 0 Å². The van der Waals surface area contributed by atoms with E-state index in [-0.39, 0.29) is 18.6 Å². The molecule has 4 nitrogen and oxygen atoms in total. The van der Waals surface area contributed by atoms with Crippen LogP contribution in [0.4, 0.5) is 0 Å². The smallest absolute Gasteiger partial charge is 0.0953 e. The van der Waals surface area contributed by atoms with Crippen LogP contribution in [0.25, 0.3) is 0 Å². The molecule has 1 saturated carbocycles. The average molecular weight is 147 g/mol. The van der Waals surface area contributed by atoms with Crippen molar-refractivity contribution in [2.24, 2.45) is 11.7 Å². The van der Waals surface area contributed by atoms with Crippen molar-refractivity contribution in [1.82, 2.24) is 0 Å². The molecule has 1 unspecified atom stereocenters. The van der Waals surface area contributed by atoms with Gasteiger partial charge >= 0.3 is 0 Å². The first-order valence-electron chi connectivity index (χ1n) is 3.39. The van der Waals surface area contributed by atoms with Crippen molar-refractivity contribution in [2.75, 3.05) is 6.61 Å². The highest BCUT2D eigenvalue weighted by Crippen LogP contribution is 2.24. The van der Waals surface area contributed by atoms with Gasteiger partial charge in [0.05, 0.1) is 12.2 Å². The zero-order valence-electron chi connectivity index (χ0n) is 5.64. The summed E-state index contributed by atoms with van der Waals surface area (Å²) in [7, 11) is 0. The van der Waals surface area contributed by atoms with E-state index in [9.17, 15) is 0 Å². The van der Waals surface area contributed by atoms with E-state index in [0.29, 0.717) is 6.42 Å². The van der Waals surface area contributed by atoms with Crippen LogP contribution in [0.15, 0.2) is 0 Å². The lowest BCUT2D eigenvalue weighted by Crippen LogP contribution is -2.35. The summed E-state index contributed by atoms with van der Waals surface area (Å²) in [5.41, 5.74) is 5.41. The Morgan fingerprint density at radius 2 is 1.90 bits per heavy atom. The first kappa shape index (κ1) is 7.94. The topological polar surface area (TPSA) is 86.7 Å². The summed E-state index contributed by atoms with van der Waals surface area (Å²) in [5, 5.41) is 26.9. The predicted octanol–water partition coefficient (Wildman–Crippen LogP) is -1.95. The van der Waals surface area contributed by atoms with Gasteiger partial charge in [0.15, 0.2) is 0 Å². The number of hydrogen-bond donors (Lipinski definition) is 4. The van der Waals surface area contributed by atoms with Gasteiger partial charge < -0.3 is 21.1 Å². The molecule has 0 aromatic heterocycles. The Morgan fingerprint density at radius 3 is 2.10 bits per heavy atom. The summed E-state index contributed by atoms with van der Waals surface area (Å²) in [4.78, 5) is 0. The van der Waals surface area contributed by atoms with Crippen LogP contribution in [-0.2, 0) is 0 Å². The van der Waals surface area contributed by atoms with E-state index in [1.54, 1.807) is 0 Å². The van der Waals surface area contributed by atoms with E-state index in [1.807, 2.05) is 0 Å². The Morgan fingerprint density at radius 1 is 1.30 bits per heavy atom. The summed E-state index contributed by atoms with van der Waals surface area (Å²) < 4.78 is 0. The molecule has 0 amide bonds. The molecule has 4 atom stereocenters. The molecule has 0 aromatic carbocycles. The lowest BCUT2D eigenvalue weighted by molar-refractivity contribution is 0.00300. The Labute approximate surface area is 59.3 Å². The third-order valence-electron chi connectivity index (χ3n) is 2.08. The highest BCUT2D eigenvalue weighted by molar-refractivity contribution is 4.92. The van der Waals surface area contributed by atoms with Gasteiger partial charge in [0, 0.05) is 18.6 Å². The molecule has 0 radical (unpaired) electrons. The monoisotopic (exact) mass is 147 g/mol. The fourth-order valence-electron chi connectivity index (χ4n) is 1.34. The van der Waals surface area contributed by atoms with Crippen LogP contribution in [0.3, 0.4) is 0 Å². The molecule has 1 aliphatic rings. The van der Waals surface area contributed by atoms with Crippen molar-refractivity contribution in [1.29, 1.82) is 0 Å². The second kappa shape index (κ2) is 2.84. The van der Waals surface area contributed by atoms with E-state index in [0.717, 1.165) is 0 Å². The Kier molecular flexibility index (Phi) is 2.25. The molecule has 10 heavy (non-hydrogen) atoms. The van der Waals surface area contributed by atoms with Gasteiger partial charge in [-0.05, 0) is 6.42 Å². The summed E-state index contributed by atoms with van der Waals surface area (Å²) in [5.74, 6) is -0.245. The fraction of sp³-hybridized carbons (Fsp3) is 1.00. The predicted molar refractivity (Wildman–Crippen MR) is 35.2 cm³/mol. The molecule has 0 saturated heterocycles. The largest absolute Gasteiger partial charge is 0.396 e. The van der Waals surface area contributed by atoms with E-state index in [1.165, 1.54) is 0 Å². The highest BCUT2D eigenvalue weighted by Gasteiger charge is 2.38. The van der Waals surface area contributed by atoms with Crippen LogP contribution in [0.1, 0.15) is 6.42 Å². The molecule has 0 spiro atoms. The van der Waals surface area contributed by atoms with Crippen molar-refractivity contribution >= 4 is 0 Å². The standard InChI is InChI=1S/C6H13NO3/c7-4-1-3(2-8)5(9)6(4)10/h3-6,8-10H,1-2,7H2/t3-,4?,5-,6+/m1/s1. The minimum Gasteiger partial charge on any atom is -0.396 e. The van der Waals surface area contributed by atoms with Crippen molar-refractivity contribution in [3.8, 4) is 0 Å². The lowest BCUT2D eigenvalue weighted by atomic mass is 10.1. The van der Waals surface area contributed by atoms with E-state index < -0.39 is 12.2 Å². The molecule has 1 rings (SSSR count). The lowest BCUT2D eigenvalue weighted by Gasteiger charge is -2.13. The second-order valence-corrected chi connectivity index (χ2v) is 2.82. The summed E-state index contributed by atoms with van der Waals surface area (Å²) in [6.45, 7) is -0.105. The summed E-state index contributed by atoms with van der Waals surface area (Å²) >= 11 is 0. The second-order valence-electron chi connectivity index (χ2n) is 2.82.